The minimum absolute atomic E-state index is 0.0871. The van der Waals surface area contributed by atoms with Crippen LogP contribution in [0.15, 0.2) is 18.2 Å². The van der Waals surface area contributed by atoms with Crippen LogP contribution in [-0.4, -0.2) is 12.5 Å². The Bertz CT molecular complexity index is 526. The normalized spacial score (nSPS) is 11.4. The molecule has 0 saturated heterocycles. The molecule has 0 bridgehead atoms. The smallest absolute Gasteiger partial charge is 0.227 e. The molecule has 0 radical (unpaired) electrons. The average molecular weight is 286 g/mol. The van der Waals surface area contributed by atoms with Crippen molar-refractivity contribution in [3.05, 3.63) is 29.3 Å². The first-order valence-electron chi connectivity index (χ1n) is 7.72. The molecule has 1 atom stereocenters. The number of aryl methyl sites for hydroxylation is 1. The van der Waals surface area contributed by atoms with Gasteiger partial charge in [-0.25, -0.2) is 0 Å². The second-order valence-corrected chi connectivity index (χ2v) is 5.33. The summed E-state index contributed by atoms with van der Waals surface area (Å²) in [7, 11) is 0. The van der Waals surface area contributed by atoms with Gasteiger partial charge in [-0.3, -0.25) is 4.79 Å². The summed E-state index contributed by atoms with van der Waals surface area (Å²) >= 11 is 0. The zero-order valence-corrected chi connectivity index (χ0v) is 13.3. The molecule has 1 aromatic carbocycles. The number of carbonyl (C=O) groups is 1. The van der Waals surface area contributed by atoms with Gasteiger partial charge in [0, 0.05) is 17.2 Å². The van der Waals surface area contributed by atoms with Crippen molar-refractivity contribution in [1.82, 2.24) is 0 Å². The Morgan fingerprint density at radius 1 is 1.33 bits per heavy atom. The van der Waals surface area contributed by atoms with Gasteiger partial charge in [0.25, 0.3) is 0 Å². The molecule has 0 aliphatic carbocycles. The van der Waals surface area contributed by atoms with E-state index >= 15 is 0 Å². The van der Waals surface area contributed by atoms with Crippen molar-refractivity contribution >= 4 is 11.6 Å². The van der Waals surface area contributed by atoms with Crippen molar-refractivity contribution in [3.8, 4) is 11.8 Å². The second-order valence-electron chi connectivity index (χ2n) is 5.33. The van der Waals surface area contributed by atoms with E-state index in [0.717, 1.165) is 42.5 Å². The zero-order valence-electron chi connectivity index (χ0n) is 13.3. The number of hydrogen-bond acceptors (Lipinski definition) is 2. The number of carbonyl (C=O) groups excluding carboxylic acids is 1. The summed E-state index contributed by atoms with van der Waals surface area (Å²) in [6.45, 7) is 6.55. The molecule has 0 heterocycles. The van der Waals surface area contributed by atoms with Gasteiger partial charge >= 0.3 is 0 Å². The van der Waals surface area contributed by atoms with Crippen LogP contribution in [0, 0.1) is 24.7 Å². The van der Waals surface area contributed by atoms with E-state index in [4.69, 9.17) is 5.73 Å². The summed E-state index contributed by atoms with van der Waals surface area (Å²) in [5.74, 6) is 6.04. The summed E-state index contributed by atoms with van der Waals surface area (Å²) in [5.41, 5.74) is 8.18. The van der Waals surface area contributed by atoms with E-state index in [1.54, 1.807) is 0 Å². The number of anilines is 1. The molecule has 1 rings (SSSR count). The van der Waals surface area contributed by atoms with Gasteiger partial charge in [-0.05, 0) is 43.5 Å². The number of rotatable bonds is 6. The standard InChI is InChI=1S/C18H26N2O/c1-4-6-9-16(5-2)18(21)20-17-12-14(3)11-15(13-17)8-7-10-19/h11-13,16H,4-6,9-10,19H2,1-3H3,(H,20,21). The summed E-state index contributed by atoms with van der Waals surface area (Å²) < 4.78 is 0. The quantitative estimate of drug-likeness (QED) is 0.787. The van der Waals surface area contributed by atoms with Gasteiger partial charge in [0.2, 0.25) is 5.91 Å². The second kappa shape index (κ2) is 9.20. The molecule has 3 heteroatoms. The fourth-order valence-electron chi connectivity index (χ4n) is 2.30. The highest BCUT2D eigenvalue weighted by molar-refractivity contribution is 5.92. The van der Waals surface area contributed by atoms with Gasteiger partial charge in [0.05, 0.1) is 6.54 Å². The minimum atomic E-state index is 0.0871. The molecule has 3 N–H and O–H groups in total. The van der Waals surface area contributed by atoms with E-state index in [1.165, 1.54) is 0 Å². The number of nitrogens with one attached hydrogen (secondary N) is 1. The van der Waals surface area contributed by atoms with Crippen LogP contribution in [0.5, 0.6) is 0 Å². The maximum absolute atomic E-state index is 12.3. The van der Waals surface area contributed by atoms with Crippen LogP contribution < -0.4 is 11.1 Å². The van der Waals surface area contributed by atoms with Crippen LogP contribution >= 0.6 is 0 Å². The third-order valence-electron chi connectivity index (χ3n) is 3.45. The number of hydrogen-bond donors (Lipinski definition) is 2. The highest BCUT2D eigenvalue weighted by atomic mass is 16.1. The predicted octanol–water partition coefficient (Wildman–Crippen LogP) is 3.46. The third-order valence-corrected chi connectivity index (χ3v) is 3.45. The lowest BCUT2D eigenvalue weighted by Gasteiger charge is -2.15. The van der Waals surface area contributed by atoms with Crippen molar-refractivity contribution in [2.75, 3.05) is 11.9 Å². The Morgan fingerprint density at radius 2 is 2.10 bits per heavy atom. The van der Waals surface area contributed by atoms with Crippen molar-refractivity contribution in [2.24, 2.45) is 11.7 Å². The largest absolute Gasteiger partial charge is 0.326 e. The lowest BCUT2D eigenvalue weighted by molar-refractivity contribution is -0.120. The topological polar surface area (TPSA) is 55.1 Å². The third kappa shape index (κ3) is 6.01. The Hall–Kier alpha value is -1.79. The van der Waals surface area contributed by atoms with Gasteiger partial charge in [-0.15, -0.1) is 0 Å². The Labute approximate surface area is 128 Å². The van der Waals surface area contributed by atoms with E-state index in [-0.39, 0.29) is 11.8 Å². The summed E-state index contributed by atoms with van der Waals surface area (Å²) in [6.07, 6.45) is 4.03. The van der Waals surface area contributed by atoms with E-state index in [2.05, 4.69) is 31.0 Å². The molecule has 1 unspecified atom stereocenters. The molecule has 0 spiro atoms. The number of nitrogens with two attached hydrogens (primary N) is 1. The van der Waals surface area contributed by atoms with E-state index in [0.29, 0.717) is 6.54 Å². The van der Waals surface area contributed by atoms with Crippen LogP contribution in [-0.2, 0) is 4.79 Å². The average Bonchev–Trinajstić information content (AvgIpc) is 2.45. The molecular weight excluding hydrogens is 260 g/mol. The lowest BCUT2D eigenvalue weighted by atomic mass is 9.98. The molecule has 114 valence electrons. The monoisotopic (exact) mass is 286 g/mol. The summed E-state index contributed by atoms with van der Waals surface area (Å²) in [6, 6.07) is 5.87. The van der Waals surface area contributed by atoms with Crippen LogP contribution in [0.2, 0.25) is 0 Å². The zero-order chi connectivity index (χ0) is 15.7. The predicted molar refractivity (Wildman–Crippen MR) is 89.0 cm³/mol. The van der Waals surface area contributed by atoms with Gasteiger partial charge in [-0.1, -0.05) is 38.5 Å². The van der Waals surface area contributed by atoms with E-state index in [1.807, 2.05) is 25.1 Å². The fraction of sp³-hybridized carbons (Fsp3) is 0.500. The maximum Gasteiger partial charge on any atom is 0.227 e. The van der Waals surface area contributed by atoms with E-state index < -0.39 is 0 Å². The first kappa shape index (κ1) is 17.3. The Morgan fingerprint density at radius 3 is 2.71 bits per heavy atom. The molecule has 3 nitrogen and oxygen atoms in total. The molecule has 0 saturated carbocycles. The highest BCUT2D eigenvalue weighted by Crippen LogP contribution is 2.18. The number of amides is 1. The van der Waals surface area contributed by atoms with Crippen LogP contribution in [0.25, 0.3) is 0 Å². The first-order chi connectivity index (χ1) is 10.1. The molecule has 1 amide bonds. The minimum Gasteiger partial charge on any atom is -0.326 e. The molecular formula is C18H26N2O. The summed E-state index contributed by atoms with van der Waals surface area (Å²) in [5, 5.41) is 3.02. The molecule has 21 heavy (non-hydrogen) atoms. The van der Waals surface area contributed by atoms with Crippen molar-refractivity contribution in [3.63, 3.8) is 0 Å². The molecule has 0 aromatic heterocycles. The highest BCUT2D eigenvalue weighted by Gasteiger charge is 2.16. The van der Waals surface area contributed by atoms with Gasteiger partial charge in [0.15, 0.2) is 0 Å². The van der Waals surface area contributed by atoms with Crippen molar-refractivity contribution in [1.29, 1.82) is 0 Å². The fourth-order valence-corrected chi connectivity index (χ4v) is 2.30. The lowest BCUT2D eigenvalue weighted by Crippen LogP contribution is -2.22. The maximum atomic E-state index is 12.3. The molecule has 1 aromatic rings. The van der Waals surface area contributed by atoms with Crippen LogP contribution in [0.1, 0.15) is 50.7 Å². The number of unbranched alkanes of at least 4 members (excludes halogenated alkanes) is 1. The van der Waals surface area contributed by atoms with Gasteiger partial charge in [-0.2, -0.15) is 0 Å². The first-order valence-corrected chi connectivity index (χ1v) is 7.72. The molecule has 0 aliphatic heterocycles. The SMILES string of the molecule is CCCCC(CC)C(=O)Nc1cc(C)cc(C#CCN)c1. The van der Waals surface area contributed by atoms with Gasteiger partial charge in [0.1, 0.15) is 0 Å². The Balaban J connectivity index is 2.81. The number of benzene rings is 1. The molecule has 0 fully saturated rings. The molecule has 0 aliphatic rings. The van der Waals surface area contributed by atoms with Gasteiger partial charge < -0.3 is 11.1 Å². The van der Waals surface area contributed by atoms with Crippen LogP contribution in [0.4, 0.5) is 5.69 Å². The van der Waals surface area contributed by atoms with Crippen molar-refractivity contribution < 1.29 is 4.79 Å². The summed E-state index contributed by atoms with van der Waals surface area (Å²) in [4.78, 5) is 12.3. The van der Waals surface area contributed by atoms with Crippen molar-refractivity contribution in [2.45, 2.75) is 46.5 Å². The van der Waals surface area contributed by atoms with E-state index in [9.17, 15) is 4.79 Å². The Kier molecular flexibility index (Phi) is 7.56. The van der Waals surface area contributed by atoms with Crippen LogP contribution in [0.3, 0.4) is 0 Å².